The van der Waals surface area contributed by atoms with Crippen molar-refractivity contribution in [3.63, 3.8) is 0 Å². The zero-order valence-corrected chi connectivity index (χ0v) is 17.3. The molecule has 1 aliphatic rings. The highest BCUT2D eigenvalue weighted by Gasteiger charge is 2.30. The molecule has 0 spiro atoms. The minimum atomic E-state index is -3.95. The Bertz CT molecular complexity index is 968. The van der Waals surface area contributed by atoms with Crippen LogP contribution in [-0.2, 0) is 19.6 Å². The van der Waals surface area contributed by atoms with E-state index in [0.29, 0.717) is 0 Å². The lowest BCUT2D eigenvalue weighted by Crippen LogP contribution is -2.26. The molecular weight excluding hydrogens is 431 g/mol. The minimum Gasteiger partial charge on any atom is -0.508 e. The summed E-state index contributed by atoms with van der Waals surface area (Å²) in [5.74, 6) is -2.19. The number of halogens is 2. The molecule has 1 aromatic rings. The minimum absolute atomic E-state index is 0.140. The molecular formula is C17H18Cl2N2O6S. The van der Waals surface area contributed by atoms with Gasteiger partial charge in [-0.3, -0.25) is 4.79 Å². The standard InChI is InChI=1S/C17H18Cl2N2O6S/c1-8(20)16(9(2)22)14(23)7-27-17(24)11-5-15(13(19)6-12(11)18)28(25,26)21-10-3-4-10/h5-6,10,20-21,23H,3-4,7H2,1-2H3/b16-14-,20-8?. The molecule has 2 rings (SSSR count). The van der Waals surface area contributed by atoms with E-state index in [1.54, 1.807) is 0 Å². The van der Waals surface area contributed by atoms with Gasteiger partial charge < -0.3 is 15.3 Å². The zero-order chi connectivity index (χ0) is 21.2. The highest BCUT2D eigenvalue weighted by atomic mass is 35.5. The molecule has 0 amide bonds. The van der Waals surface area contributed by atoms with E-state index in [0.717, 1.165) is 31.9 Å². The van der Waals surface area contributed by atoms with Crippen LogP contribution in [0.2, 0.25) is 10.0 Å². The summed E-state index contributed by atoms with van der Waals surface area (Å²) in [4.78, 5) is 23.5. The predicted octanol–water partition coefficient (Wildman–Crippen LogP) is 3.03. The van der Waals surface area contributed by atoms with E-state index < -0.39 is 34.1 Å². The first-order valence-electron chi connectivity index (χ1n) is 8.11. The number of aliphatic hydroxyl groups excluding tert-OH is 1. The van der Waals surface area contributed by atoms with Crippen LogP contribution >= 0.6 is 23.2 Å². The van der Waals surface area contributed by atoms with E-state index in [9.17, 15) is 23.1 Å². The number of hydrogen-bond donors (Lipinski definition) is 3. The summed E-state index contributed by atoms with van der Waals surface area (Å²) in [6.45, 7) is 1.77. The van der Waals surface area contributed by atoms with E-state index in [1.165, 1.54) is 6.92 Å². The van der Waals surface area contributed by atoms with Crippen molar-refractivity contribution in [1.29, 1.82) is 5.41 Å². The Kier molecular flexibility index (Phi) is 6.87. The molecule has 0 heterocycles. The van der Waals surface area contributed by atoms with Gasteiger partial charge in [-0.05, 0) is 38.8 Å². The van der Waals surface area contributed by atoms with Gasteiger partial charge >= 0.3 is 5.97 Å². The van der Waals surface area contributed by atoms with Crippen molar-refractivity contribution in [3.05, 3.63) is 39.1 Å². The molecule has 3 N–H and O–H groups in total. The molecule has 1 aromatic carbocycles. The number of allylic oxidation sites excluding steroid dienone is 1. The molecule has 1 saturated carbocycles. The number of ether oxygens (including phenoxy) is 1. The number of benzene rings is 1. The van der Waals surface area contributed by atoms with Gasteiger partial charge in [0.15, 0.2) is 5.78 Å². The second-order valence-corrected chi connectivity index (χ2v) is 8.73. The molecule has 0 radical (unpaired) electrons. The smallest absolute Gasteiger partial charge is 0.340 e. The number of carbonyl (C=O) groups excluding carboxylic acids is 2. The maximum Gasteiger partial charge on any atom is 0.340 e. The number of Topliss-reactive ketones (excluding diaryl/α,β-unsaturated/α-hetero) is 1. The molecule has 0 bridgehead atoms. The molecule has 11 heteroatoms. The predicted molar refractivity (Wildman–Crippen MR) is 104 cm³/mol. The third-order valence-electron chi connectivity index (χ3n) is 3.79. The van der Waals surface area contributed by atoms with E-state index in [-0.39, 0.29) is 37.8 Å². The summed E-state index contributed by atoms with van der Waals surface area (Å²) in [5.41, 5.74) is -0.733. The van der Waals surface area contributed by atoms with Crippen LogP contribution in [0.4, 0.5) is 0 Å². The quantitative estimate of drug-likeness (QED) is 0.242. The molecule has 0 aliphatic heterocycles. The fourth-order valence-corrected chi connectivity index (χ4v) is 4.50. The van der Waals surface area contributed by atoms with Gasteiger partial charge in [-0.15, -0.1) is 0 Å². The van der Waals surface area contributed by atoms with Gasteiger partial charge in [0.1, 0.15) is 17.3 Å². The average Bonchev–Trinajstić information content (AvgIpc) is 3.34. The van der Waals surface area contributed by atoms with Crippen LogP contribution < -0.4 is 4.72 Å². The van der Waals surface area contributed by atoms with Gasteiger partial charge in [0.25, 0.3) is 0 Å². The van der Waals surface area contributed by atoms with E-state index >= 15 is 0 Å². The number of esters is 1. The van der Waals surface area contributed by atoms with Gasteiger partial charge in [-0.1, -0.05) is 23.2 Å². The summed E-state index contributed by atoms with van der Waals surface area (Å²) in [6.07, 6.45) is 1.44. The van der Waals surface area contributed by atoms with Gasteiger partial charge in [-0.25, -0.2) is 17.9 Å². The Balaban J connectivity index is 2.28. The van der Waals surface area contributed by atoms with Crippen LogP contribution in [0.1, 0.15) is 37.0 Å². The van der Waals surface area contributed by atoms with Gasteiger partial charge in [-0.2, -0.15) is 0 Å². The van der Waals surface area contributed by atoms with Crippen LogP contribution in [0.25, 0.3) is 0 Å². The Labute approximate surface area is 172 Å². The first kappa shape index (κ1) is 22.4. The molecule has 28 heavy (non-hydrogen) atoms. The molecule has 0 unspecified atom stereocenters. The van der Waals surface area contributed by atoms with Gasteiger partial charge in [0.2, 0.25) is 10.0 Å². The van der Waals surface area contributed by atoms with E-state index in [4.69, 9.17) is 33.3 Å². The lowest BCUT2D eigenvalue weighted by molar-refractivity contribution is -0.113. The topological polar surface area (TPSA) is 134 Å². The van der Waals surface area contributed by atoms with Gasteiger partial charge in [0.05, 0.1) is 21.2 Å². The first-order chi connectivity index (χ1) is 12.9. The zero-order valence-electron chi connectivity index (χ0n) is 15.0. The van der Waals surface area contributed by atoms with Crippen LogP contribution in [0.15, 0.2) is 28.4 Å². The number of aliphatic hydroxyl groups is 1. The Hall–Kier alpha value is -1.94. The third-order valence-corrected chi connectivity index (χ3v) is 6.08. The number of sulfonamides is 1. The first-order valence-corrected chi connectivity index (χ1v) is 10.3. The Morgan fingerprint density at radius 3 is 2.36 bits per heavy atom. The lowest BCUT2D eigenvalue weighted by atomic mass is 10.1. The molecule has 0 saturated heterocycles. The fraction of sp³-hybridized carbons (Fsp3) is 0.353. The van der Waals surface area contributed by atoms with Crippen molar-refractivity contribution in [2.75, 3.05) is 6.61 Å². The highest BCUT2D eigenvalue weighted by Crippen LogP contribution is 2.31. The average molecular weight is 449 g/mol. The third kappa shape index (κ3) is 5.32. The maximum absolute atomic E-state index is 12.4. The second kappa shape index (κ2) is 8.60. The lowest BCUT2D eigenvalue weighted by Gasteiger charge is -2.12. The molecule has 0 aromatic heterocycles. The van der Waals surface area contributed by atoms with E-state index in [1.807, 2.05) is 0 Å². The number of carbonyl (C=O) groups is 2. The van der Waals surface area contributed by atoms with Crippen molar-refractivity contribution in [2.45, 2.75) is 37.6 Å². The summed E-state index contributed by atoms with van der Waals surface area (Å²) in [5, 5.41) is 17.1. The van der Waals surface area contributed by atoms with Crippen LogP contribution in [0.5, 0.6) is 0 Å². The van der Waals surface area contributed by atoms with Crippen molar-refractivity contribution < 1.29 is 27.9 Å². The summed E-state index contributed by atoms with van der Waals surface area (Å²) in [6, 6.07) is 1.94. The van der Waals surface area contributed by atoms with Crippen LogP contribution in [0, 0.1) is 5.41 Å². The van der Waals surface area contributed by atoms with Crippen LogP contribution in [0.3, 0.4) is 0 Å². The van der Waals surface area contributed by atoms with Crippen molar-refractivity contribution in [2.24, 2.45) is 0 Å². The molecule has 152 valence electrons. The second-order valence-electron chi connectivity index (χ2n) is 6.24. The summed E-state index contributed by atoms with van der Waals surface area (Å²) in [7, 11) is -3.95. The highest BCUT2D eigenvalue weighted by molar-refractivity contribution is 7.89. The van der Waals surface area contributed by atoms with Crippen LogP contribution in [-0.4, -0.2) is 43.6 Å². The number of ketones is 1. The van der Waals surface area contributed by atoms with Crippen molar-refractivity contribution in [1.82, 2.24) is 4.72 Å². The van der Waals surface area contributed by atoms with Gasteiger partial charge in [0, 0.05) is 11.8 Å². The maximum atomic E-state index is 12.4. The molecule has 1 aliphatic carbocycles. The SMILES string of the molecule is CC(=N)/C(C(C)=O)=C(/O)COC(=O)c1cc(S(=O)(=O)NC2CC2)c(Cl)cc1Cl. The molecule has 8 nitrogen and oxygen atoms in total. The monoisotopic (exact) mass is 448 g/mol. The van der Waals surface area contributed by atoms with E-state index in [2.05, 4.69) is 4.72 Å². The Morgan fingerprint density at radius 2 is 1.86 bits per heavy atom. The number of hydrogen-bond acceptors (Lipinski definition) is 7. The number of nitrogens with one attached hydrogen (secondary N) is 2. The number of rotatable bonds is 8. The molecule has 0 atom stereocenters. The van der Waals surface area contributed by atoms with Crippen molar-refractivity contribution >= 4 is 50.7 Å². The molecule has 1 fully saturated rings. The fourth-order valence-electron chi connectivity index (χ4n) is 2.34. The normalized spacial score (nSPS) is 15.0. The summed E-state index contributed by atoms with van der Waals surface area (Å²) < 4.78 is 32.2. The summed E-state index contributed by atoms with van der Waals surface area (Å²) >= 11 is 11.9. The van der Waals surface area contributed by atoms with Crippen molar-refractivity contribution in [3.8, 4) is 0 Å². The Morgan fingerprint density at radius 1 is 1.25 bits per heavy atom. The largest absolute Gasteiger partial charge is 0.508 e.